The average molecular weight is 484 g/mol. The van der Waals surface area contributed by atoms with Crippen LogP contribution >= 0.6 is 35.3 Å². The Morgan fingerprint density at radius 3 is 2.73 bits per heavy atom. The number of nitrogens with zero attached hydrogens (tertiary/aromatic N) is 2. The highest BCUT2D eigenvalue weighted by atomic mass is 127. The lowest BCUT2D eigenvalue weighted by molar-refractivity contribution is 0.258. The van der Waals surface area contributed by atoms with Crippen LogP contribution in [0.5, 0.6) is 0 Å². The van der Waals surface area contributed by atoms with E-state index in [-0.39, 0.29) is 24.0 Å². The second-order valence-corrected chi connectivity index (χ2v) is 7.70. The smallest absolute Gasteiger partial charge is 0.191 e. The monoisotopic (exact) mass is 484 g/mol. The Labute approximate surface area is 178 Å². The van der Waals surface area contributed by atoms with E-state index in [1.54, 1.807) is 0 Å². The van der Waals surface area contributed by atoms with Gasteiger partial charge in [-0.25, -0.2) is 0 Å². The maximum atomic E-state index is 4.38. The molecule has 0 radical (unpaired) electrons. The Balaban J connectivity index is 0.00000243. The molecule has 0 saturated carbocycles. The zero-order valence-electron chi connectivity index (χ0n) is 15.5. The van der Waals surface area contributed by atoms with E-state index < -0.39 is 0 Å². The third-order valence-corrected chi connectivity index (χ3v) is 5.68. The first-order valence-corrected chi connectivity index (χ1v) is 9.90. The second-order valence-electron chi connectivity index (χ2n) is 6.67. The van der Waals surface area contributed by atoms with Crippen molar-refractivity contribution in [2.45, 2.75) is 38.4 Å². The molecule has 6 heteroatoms. The molecule has 2 heterocycles. The van der Waals surface area contributed by atoms with E-state index in [2.05, 4.69) is 75.3 Å². The first-order chi connectivity index (χ1) is 12.2. The van der Waals surface area contributed by atoms with Crippen LogP contribution in [0.25, 0.3) is 0 Å². The number of likely N-dealkylation sites (tertiary alicyclic amines) is 1. The highest BCUT2D eigenvalue weighted by Gasteiger charge is 2.29. The SMILES string of the molecule is CN=C(NCCc1cccs1)NC1CC(C)N(Cc2ccccc2)C1.I. The Bertz CT molecular complexity index is 660. The normalized spacial score (nSPS) is 20.6. The van der Waals surface area contributed by atoms with Crippen molar-refractivity contribution in [3.8, 4) is 0 Å². The fourth-order valence-corrected chi connectivity index (χ4v) is 4.10. The second kappa shape index (κ2) is 10.9. The number of aliphatic imine (C=N–C) groups is 1. The predicted molar refractivity (Wildman–Crippen MR) is 123 cm³/mol. The molecule has 0 bridgehead atoms. The fraction of sp³-hybridized carbons (Fsp3) is 0.450. The summed E-state index contributed by atoms with van der Waals surface area (Å²) in [5, 5.41) is 9.16. The van der Waals surface area contributed by atoms with Crippen molar-refractivity contribution in [3.05, 3.63) is 58.3 Å². The summed E-state index contributed by atoms with van der Waals surface area (Å²) in [6.45, 7) is 5.31. The number of nitrogens with one attached hydrogen (secondary N) is 2. The minimum atomic E-state index is 0. The van der Waals surface area contributed by atoms with Crippen molar-refractivity contribution in [1.82, 2.24) is 15.5 Å². The van der Waals surface area contributed by atoms with Gasteiger partial charge in [0.1, 0.15) is 0 Å². The van der Waals surface area contributed by atoms with Crippen LogP contribution in [0, 0.1) is 0 Å². The van der Waals surface area contributed by atoms with E-state index in [0.29, 0.717) is 12.1 Å². The Hall–Kier alpha value is -1.12. The van der Waals surface area contributed by atoms with Crippen molar-refractivity contribution in [3.63, 3.8) is 0 Å². The highest BCUT2D eigenvalue weighted by Crippen LogP contribution is 2.20. The number of hydrogen-bond donors (Lipinski definition) is 2. The first kappa shape index (κ1) is 21.2. The number of benzene rings is 1. The molecule has 0 aliphatic carbocycles. The first-order valence-electron chi connectivity index (χ1n) is 9.02. The fourth-order valence-electron chi connectivity index (χ4n) is 3.39. The Morgan fingerprint density at radius 2 is 2.04 bits per heavy atom. The Morgan fingerprint density at radius 1 is 1.23 bits per heavy atom. The summed E-state index contributed by atoms with van der Waals surface area (Å²) >= 11 is 1.81. The van der Waals surface area contributed by atoms with Crippen molar-refractivity contribution in [2.75, 3.05) is 20.1 Å². The Kier molecular flexibility index (Phi) is 8.87. The topological polar surface area (TPSA) is 39.7 Å². The molecule has 2 atom stereocenters. The average Bonchev–Trinajstić information content (AvgIpc) is 3.25. The van der Waals surface area contributed by atoms with Gasteiger partial charge in [0.15, 0.2) is 5.96 Å². The van der Waals surface area contributed by atoms with E-state index in [9.17, 15) is 0 Å². The molecule has 0 amide bonds. The summed E-state index contributed by atoms with van der Waals surface area (Å²) < 4.78 is 0. The molecule has 1 saturated heterocycles. The molecule has 142 valence electrons. The van der Waals surface area contributed by atoms with Gasteiger partial charge in [0.05, 0.1) is 0 Å². The van der Waals surface area contributed by atoms with Crippen LogP contribution in [0.1, 0.15) is 23.8 Å². The summed E-state index contributed by atoms with van der Waals surface area (Å²) in [5.41, 5.74) is 1.38. The molecule has 1 aliphatic rings. The van der Waals surface area contributed by atoms with Gasteiger partial charge in [-0.1, -0.05) is 36.4 Å². The van der Waals surface area contributed by atoms with Crippen LogP contribution in [0.4, 0.5) is 0 Å². The predicted octanol–water partition coefficient (Wildman–Crippen LogP) is 3.74. The molecule has 0 spiro atoms. The molecule has 2 N–H and O–H groups in total. The van der Waals surface area contributed by atoms with E-state index in [0.717, 1.165) is 38.4 Å². The van der Waals surface area contributed by atoms with Gasteiger partial charge in [-0.3, -0.25) is 9.89 Å². The van der Waals surface area contributed by atoms with Gasteiger partial charge in [0.25, 0.3) is 0 Å². The van der Waals surface area contributed by atoms with Crippen LogP contribution in [-0.4, -0.2) is 43.1 Å². The molecule has 4 nitrogen and oxygen atoms in total. The molecule has 2 unspecified atom stereocenters. The largest absolute Gasteiger partial charge is 0.356 e. The summed E-state index contributed by atoms with van der Waals surface area (Å²) in [7, 11) is 1.85. The van der Waals surface area contributed by atoms with Gasteiger partial charge in [-0.15, -0.1) is 35.3 Å². The van der Waals surface area contributed by atoms with Crippen molar-refractivity contribution >= 4 is 41.3 Å². The molecular weight excluding hydrogens is 455 g/mol. The van der Waals surface area contributed by atoms with Crippen LogP contribution in [-0.2, 0) is 13.0 Å². The van der Waals surface area contributed by atoms with E-state index >= 15 is 0 Å². The minimum Gasteiger partial charge on any atom is -0.356 e. The number of halogens is 1. The van der Waals surface area contributed by atoms with Gasteiger partial charge >= 0.3 is 0 Å². The number of hydrogen-bond acceptors (Lipinski definition) is 3. The lowest BCUT2D eigenvalue weighted by atomic mass is 10.2. The van der Waals surface area contributed by atoms with Gasteiger partial charge in [0.2, 0.25) is 0 Å². The van der Waals surface area contributed by atoms with Crippen molar-refractivity contribution in [2.24, 2.45) is 4.99 Å². The van der Waals surface area contributed by atoms with Crippen LogP contribution in [0.15, 0.2) is 52.8 Å². The van der Waals surface area contributed by atoms with E-state index in [1.807, 2.05) is 18.4 Å². The number of guanidine groups is 1. The molecule has 2 aromatic rings. The van der Waals surface area contributed by atoms with Gasteiger partial charge in [-0.05, 0) is 36.8 Å². The van der Waals surface area contributed by atoms with Gasteiger partial charge in [0, 0.05) is 43.6 Å². The zero-order chi connectivity index (χ0) is 17.5. The van der Waals surface area contributed by atoms with E-state index in [4.69, 9.17) is 0 Å². The summed E-state index contributed by atoms with van der Waals surface area (Å²) in [6.07, 6.45) is 2.19. The molecule has 1 aromatic heterocycles. The van der Waals surface area contributed by atoms with Crippen molar-refractivity contribution < 1.29 is 0 Å². The van der Waals surface area contributed by atoms with Gasteiger partial charge in [-0.2, -0.15) is 0 Å². The van der Waals surface area contributed by atoms with Gasteiger partial charge < -0.3 is 10.6 Å². The molecular formula is C20H29IN4S. The van der Waals surface area contributed by atoms with E-state index in [1.165, 1.54) is 10.4 Å². The third kappa shape index (κ3) is 6.25. The maximum Gasteiger partial charge on any atom is 0.191 e. The summed E-state index contributed by atoms with van der Waals surface area (Å²) in [5.74, 6) is 0.912. The molecule has 1 aromatic carbocycles. The maximum absolute atomic E-state index is 4.38. The molecule has 26 heavy (non-hydrogen) atoms. The summed E-state index contributed by atoms with van der Waals surface area (Å²) in [4.78, 5) is 8.34. The molecule has 3 rings (SSSR count). The molecule has 1 aliphatic heterocycles. The number of thiophene rings is 1. The quantitative estimate of drug-likeness (QED) is 0.373. The van der Waals surface area contributed by atoms with Crippen molar-refractivity contribution in [1.29, 1.82) is 0 Å². The lowest BCUT2D eigenvalue weighted by Crippen LogP contribution is -2.45. The minimum absolute atomic E-state index is 0. The third-order valence-electron chi connectivity index (χ3n) is 4.74. The van der Waals surface area contributed by atoms with Crippen LogP contribution in [0.2, 0.25) is 0 Å². The number of rotatable bonds is 6. The van der Waals surface area contributed by atoms with Crippen LogP contribution < -0.4 is 10.6 Å². The molecule has 1 fully saturated rings. The standard InChI is InChI=1S/C20H28N4S.HI/c1-16-13-18(15-24(16)14-17-7-4-3-5-8-17)23-20(21-2)22-11-10-19-9-6-12-25-19;/h3-9,12,16,18H,10-11,13-15H2,1-2H3,(H2,21,22,23);1H. The summed E-state index contributed by atoms with van der Waals surface area (Å²) in [6, 6.07) is 16.0. The van der Waals surface area contributed by atoms with Crippen LogP contribution in [0.3, 0.4) is 0 Å². The zero-order valence-corrected chi connectivity index (χ0v) is 18.7. The lowest BCUT2D eigenvalue weighted by Gasteiger charge is -2.21. The highest BCUT2D eigenvalue weighted by molar-refractivity contribution is 14.0.